The summed E-state index contributed by atoms with van der Waals surface area (Å²) in [7, 11) is 0. The van der Waals surface area contributed by atoms with Crippen LogP contribution in [0.15, 0.2) is 48.5 Å². The number of carbonyl (C=O) groups excluding carboxylic acids is 1. The number of ether oxygens (including phenoxy) is 1. The van der Waals surface area contributed by atoms with Crippen molar-refractivity contribution in [3.05, 3.63) is 69.8 Å². The molecule has 3 aromatic rings. The summed E-state index contributed by atoms with van der Waals surface area (Å²) in [4.78, 5) is 12.5. The zero-order valence-corrected chi connectivity index (χ0v) is 13.3. The number of hydrogen-bond acceptors (Lipinski definition) is 5. The predicted octanol–water partition coefficient (Wildman–Crippen LogP) is 4.35. The highest BCUT2D eigenvalue weighted by atomic mass is 35.5. The molecule has 0 aliphatic carbocycles. The molecule has 0 aliphatic rings. The molecule has 1 heterocycles. The second-order valence-electron chi connectivity index (χ2n) is 4.66. The first-order chi connectivity index (χ1) is 11.1. The molecule has 23 heavy (non-hydrogen) atoms. The standard InChI is InChI=1S/C16H10ClFN2O2S/c17-12-5-1-10(2-6-12)9-22-16(21)15-14(19-20-23-15)11-3-7-13(18)8-4-11/h1-8H,9H2. The Hall–Kier alpha value is -2.31. The van der Waals surface area contributed by atoms with E-state index in [1.54, 1.807) is 36.4 Å². The first-order valence-corrected chi connectivity index (χ1v) is 7.78. The number of aromatic nitrogens is 2. The van der Waals surface area contributed by atoms with Crippen LogP contribution in [0.25, 0.3) is 11.3 Å². The lowest BCUT2D eigenvalue weighted by Gasteiger charge is -2.05. The summed E-state index contributed by atoms with van der Waals surface area (Å²) in [6.45, 7) is 0.122. The number of benzene rings is 2. The molecule has 7 heteroatoms. The SMILES string of the molecule is O=C(OCc1ccc(Cl)cc1)c1snnc1-c1ccc(F)cc1. The number of nitrogens with zero attached hydrogens (tertiary/aromatic N) is 2. The van der Waals surface area contributed by atoms with Crippen LogP contribution in [0, 0.1) is 5.82 Å². The lowest BCUT2D eigenvalue weighted by molar-refractivity contribution is 0.0479. The summed E-state index contributed by atoms with van der Waals surface area (Å²) in [6.07, 6.45) is 0. The Bertz CT molecular complexity index is 819. The van der Waals surface area contributed by atoms with Crippen LogP contribution in [-0.4, -0.2) is 15.6 Å². The zero-order valence-electron chi connectivity index (χ0n) is 11.7. The van der Waals surface area contributed by atoms with E-state index in [-0.39, 0.29) is 17.3 Å². The normalized spacial score (nSPS) is 10.5. The number of halogens is 2. The maximum atomic E-state index is 13.0. The van der Waals surface area contributed by atoms with Crippen LogP contribution in [0.4, 0.5) is 4.39 Å². The second-order valence-corrected chi connectivity index (χ2v) is 5.85. The van der Waals surface area contributed by atoms with Crippen LogP contribution in [0.5, 0.6) is 0 Å². The van der Waals surface area contributed by atoms with Crippen molar-refractivity contribution in [2.75, 3.05) is 0 Å². The van der Waals surface area contributed by atoms with Crippen molar-refractivity contribution in [2.24, 2.45) is 0 Å². The molecule has 0 N–H and O–H groups in total. The monoisotopic (exact) mass is 348 g/mol. The van der Waals surface area contributed by atoms with Gasteiger partial charge in [-0.15, -0.1) is 5.10 Å². The largest absolute Gasteiger partial charge is 0.457 e. The molecule has 0 spiro atoms. The van der Waals surface area contributed by atoms with Crippen molar-refractivity contribution in [1.29, 1.82) is 0 Å². The van der Waals surface area contributed by atoms with Gasteiger partial charge >= 0.3 is 5.97 Å². The highest BCUT2D eigenvalue weighted by molar-refractivity contribution is 7.08. The Morgan fingerprint density at radius 2 is 1.83 bits per heavy atom. The van der Waals surface area contributed by atoms with E-state index in [0.717, 1.165) is 17.1 Å². The minimum Gasteiger partial charge on any atom is -0.457 e. The van der Waals surface area contributed by atoms with Crippen molar-refractivity contribution in [3.63, 3.8) is 0 Å². The fourth-order valence-corrected chi connectivity index (χ4v) is 2.63. The Kier molecular flexibility index (Phi) is 4.64. The number of hydrogen-bond donors (Lipinski definition) is 0. The van der Waals surface area contributed by atoms with Crippen LogP contribution >= 0.6 is 23.1 Å². The van der Waals surface area contributed by atoms with Gasteiger partial charge in [0.1, 0.15) is 18.1 Å². The summed E-state index contributed by atoms with van der Waals surface area (Å²) in [6, 6.07) is 12.7. The molecule has 0 amide bonds. The van der Waals surface area contributed by atoms with Crippen LogP contribution in [0.2, 0.25) is 5.02 Å². The predicted molar refractivity (Wildman–Crippen MR) is 85.9 cm³/mol. The fraction of sp³-hybridized carbons (Fsp3) is 0.0625. The molecule has 1 aromatic heterocycles. The first kappa shape index (κ1) is 15.6. The van der Waals surface area contributed by atoms with E-state index in [0.29, 0.717) is 16.3 Å². The fourth-order valence-electron chi connectivity index (χ4n) is 1.92. The molecule has 0 fully saturated rings. The van der Waals surface area contributed by atoms with Crippen molar-refractivity contribution in [3.8, 4) is 11.3 Å². The van der Waals surface area contributed by atoms with E-state index in [1.807, 2.05) is 0 Å². The summed E-state index contributed by atoms with van der Waals surface area (Å²) in [5.74, 6) is -0.877. The molecule has 2 aromatic carbocycles. The highest BCUT2D eigenvalue weighted by Gasteiger charge is 2.19. The maximum absolute atomic E-state index is 13.0. The number of esters is 1. The van der Waals surface area contributed by atoms with Gasteiger partial charge in [-0.05, 0) is 53.5 Å². The lowest BCUT2D eigenvalue weighted by atomic mass is 10.1. The van der Waals surface area contributed by atoms with Gasteiger partial charge in [-0.1, -0.05) is 28.2 Å². The summed E-state index contributed by atoms with van der Waals surface area (Å²) in [5, 5.41) is 4.55. The third-order valence-electron chi connectivity index (χ3n) is 3.07. The van der Waals surface area contributed by atoms with Gasteiger partial charge in [-0.3, -0.25) is 0 Å². The van der Waals surface area contributed by atoms with Crippen molar-refractivity contribution in [2.45, 2.75) is 6.61 Å². The van der Waals surface area contributed by atoms with Crippen LogP contribution < -0.4 is 0 Å². The molecule has 0 saturated carbocycles. The van der Waals surface area contributed by atoms with Gasteiger partial charge in [-0.2, -0.15) is 0 Å². The van der Waals surface area contributed by atoms with Crippen LogP contribution in [0.1, 0.15) is 15.2 Å². The van der Waals surface area contributed by atoms with E-state index in [4.69, 9.17) is 16.3 Å². The first-order valence-electron chi connectivity index (χ1n) is 6.63. The maximum Gasteiger partial charge on any atom is 0.352 e. The Labute approximate surface area is 140 Å². The average molecular weight is 349 g/mol. The Balaban J connectivity index is 1.74. The smallest absolute Gasteiger partial charge is 0.352 e. The third-order valence-corrected chi connectivity index (χ3v) is 4.03. The van der Waals surface area contributed by atoms with Gasteiger partial charge in [0.15, 0.2) is 4.88 Å². The lowest BCUT2D eigenvalue weighted by Crippen LogP contribution is -2.05. The van der Waals surface area contributed by atoms with E-state index in [1.165, 1.54) is 12.1 Å². The third kappa shape index (κ3) is 3.72. The van der Waals surface area contributed by atoms with E-state index >= 15 is 0 Å². The number of carbonyl (C=O) groups is 1. The zero-order chi connectivity index (χ0) is 16.2. The van der Waals surface area contributed by atoms with Gasteiger partial charge in [0.05, 0.1) is 0 Å². The van der Waals surface area contributed by atoms with Crippen molar-refractivity contribution < 1.29 is 13.9 Å². The van der Waals surface area contributed by atoms with Gasteiger partial charge in [0, 0.05) is 10.6 Å². The molecule has 0 radical (unpaired) electrons. The van der Waals surface area contributed by atoms with E-state index in [2.05, 4.69) is 9.59 Å². The summed E-state index contributed by atoms with van der Waals surface area (Å²) >= 11 is 6.75. The van der Waals surface area contributed by atoms with Crippen molar-refractivity contribution in [1.82, 2.24) is 9.59 Å². The van der Waals surface area contributed by atoms with Crippen molar-refractivity contribution >= 4 is 29.1 Å². The second kappa shape index (κ2) is 6.85. The van der Waals surface area contributed by atoms with Gasteiger partial charge in [0.25, 0.3) is 0 Å². The molecule has 3 rings (SSSR count). The molecule has 0 aliphatic heterocycles. The molecular weight excluding hydrogens is 339 g/mol. The minimum atomic E-state index is -0.519. The van der Waals surface area contributed by atoms with E-state index in [9.17, 15) is 9.18 Å². The molecule has 0 atom stereocenters. The van der Waals surface area contributed by atoms with Crippen LogP contribution in [-0.2, 0) is 11.3 Å². The van der Waals surface area contributed by atoms with E-state index < -0.39 is 5.97 Å². The summed E-state index contributed by atoms with van der Waals surface area (Å²) < 4.78 is 22.1. The molecular formula is C16H10ClFN2O2S. The van der Waals surface area contributed by atoms with Crippen LogP contribution in [0.3, 0.4) is 0 Å². The average Bonchev–Trinajstić information content (AvgIpc) is 3.04. The molecule has 0 unspecified atom stereocenters. The molecule has 0 saturated heterocycles. The Morgan fingerprint density at radius 1 is 1.13 bits per heavy atom. The minimum absolute atomic E-state index is 0.122. The quantitative estimate of drug-likeness (QED) is 0.657. The number of rotatable bonds is 4. The molecule has 0 bridgehead atoms. The van der Waals surface area contributed by atoms with Gasteiger partial charge < -0.3 is 4.74 Å². The summed E-state index contributed by atoms with van der Waals surface area (Å²) in [5.41, 5.74) is 1.82. The van der Waals surface area contributed by atoms with Gasteiger partial charge in [-0.25, -0.2) is 9.18 Å². The van der Waals surface area contributed by atoms with Gasteiger partial charge in [0.2, 0.25) is 0 Å². The Morgan fingerprint density at radius 3 is 2.52 bits per heavy atom. The molecule has 116 valence electrons. The molecule has 4 nitrogen and oxygen atoms in total. The highest BCUT2D eigenvalue weighted by Crippen LogP contribution is 2.25. The topological polar surface area (TPSA) is 52.1 Å².